The molecule has 0 aliphatic rings. The zero-order valence-corrected chi connectivity index (χ0v) is 22.8. The molecule has 0 saturated heterocycles. The summed E-state index contributed by atoms with van der Waals surface area (Å²) in [5.74, 6) is -2.26. The van der Waals surface area contributed by atoms with Crippen molar-refractivity contribution in [2.24, 2.45) is 0 Å². The van der Waals surface area contributed by atoms with Crippen LogP contribution in [0.4, 0.5) is 0 Å². The van der Waals surface area contributed by atoms with E-state index in [0.717, 1.165) is 35.2 Å². The monoisotopic (exact) mass is 552 g/mol. The lowest BCUT2D eigenvalue weighted by molar-refractivity contribution is -0.143. The van der Waals surface area contributed by atoms with Gasteiger partial charge < -0.3 is 19.7 Å². The molecule has 0 atom stereocenters. The van der Waals surface area contributed by atoms with Gasteiger partial charge >= 0.3 is 11.9 Å². The number of carboxylic acids is 1. The molecule has 3 aromatic carbocycles. The zero-order chi connectivity index (χ0) is 29.2. The molecule has 8 heteroatoms. The SMILES string of the molecule is CCCCc1ccc(C(=O)NCC(=O)OCc2ccccc2)c(=O)n1Cc1ccc(-c2ccccc2C(=O)O)cc1. The highest BCUT2D eigenvalue weighted by atomic mass is 16.5. The molecule has 0 unspecified atom stereocenters. The molecular weight excluding hydrogens is 520 g/mol. The van der Waals surface area contributed by atoms with Crippen molar-refractivity contribution in [1.82, 2.24) is 9.88 Å². The quantitative estimate of drug-likeness (QED) is 0.237. The number of carbonyl (C=O) groups is 3. The van der Waals surface area contributed by atoms with E-state index in [4.69, 9.17) is 4.74 Å². The summed E-state index contributed by atoms with van der Waals surface area (Å²) in [5, 5.41) is 12.0. The molecule has 0 aliphatic carbocycles. The smallest absolute Gasteiger partial charge is 0.336 e. The number of esters is 1. The van der Waals surface area contributed by atoms with E-state index in [1.165, 1.54) is 6.07 Å². The minimum atomic E-state index is -1.00. The number of pyridine rings is 1. The number of nitrogens with zero attached hydrogens (tertiary/aromatic N) is 1. The van der Waals surface area contributed by atoms with Crippen LogP contribution in [-0.4, -0.2) is 34.1 Å². The Morgan fingerprint density at radius 1 is 0.829 bits per heavy atom. The summed E-state index contributed by atoms with van der Waals surface area (Å²) in [6, 6.07) is 26.6. The van der Waals surface area contributed by atoms with Gasteiger partial charge in [-0.1, -0.05) is 86.1 Å². The molecule has 4 rings (SSSR count). The van der Waals surface area contributed by atoms with Crippen molar-refractivity contribution in [3.05, 3.63) is 129 Å². The molecule has 1 heterocycles. The second-order valence-corrected chi connectivity index (χ2v) is 9.61. The number of unbranched alkanes of at least 4 members (excludes halogenated alkanes) is 1. The van der Waals surface area contributed by atoms with E-state index in [9.17, 15) is 24.3 Å². The normalized spacial score (nSPS) is 10.7. The van der Waals surface area contributed by atoms with Crippen molar-refractivity contribution >= 4 is 17.8 Å². The molecule has 1 amide bonds. The molecule has 0 spiro atoms. The highest BCUT2D eigenvalue weighted by Crippen LogP contribution is 2.24. The maximum absolute atomic E-state index is 13.5. The fourth-order valence-corrected chi connectivity index (χ4v) is 4.47. The number of carboxylic acid groups (broad SMARTS) is 1. The number of rotatable bonds is 12. The molecule has 0 aliphatic heterocycles. The van der Waals surface area contributed by atoms with Gasteiger partial charge in [0, 0.05) is 5.69 Å². The summed E-state index contributed by atoms with van der Waals surface area (Å²) in [6.07, 6.45) is 2.49. The van der Waals surface area contributed by atoms with Gasteiger partial charge in [0.1, 0.15) is 18.7 Å². The molecule has 0 radical (unpaired) electrons. The van der Waals surface area contributed by atoms with Crippen LogP contribution in [0.5, 0.6) is 0 Å². The van der Waals surface area contributed by atoms with Crippen LogP contribution in [-0.2, 0) is 29.1 Å². The number of aromatic carboxylic acids is 1. The number of aromatic nitrogens is 1. The van der Waals surface area contributed by atoms with Gasteiger partial charge in [0.05, 0.1) is 12.1 Å². The van der Waals surface area contributed by atoms with Gasteiger partial charge in [-0.15, -0.1) is 0 Å². The first-order chi connectivity index (χ1) is 19.9. The first-order valence-corrected chi connectivity index (χ1v) is 13.5. The summed E-state index contributed by atoms with van der Waals surface area (Å²) in [7, 11) is 0. The Hall–Kier alpha value is -4.98. The maximum atomic E-state index is 13.5. The maximum Gasteiger partial charge on any atom is 0.336 e. The average molecular weight is 553 g/mol. The van der Waals surface area contributed by atoms with E-state index in [1.54, 1.807) is 34.9 Å². The Kier molecular flexibility index (Phi) is 9.83. The number of carbonyl (C=O) groups excluding carboxylic acids is 2. The van der Waals surface area contributed by atoms with Gasteiger partial charge in [-0.3, -0.25) is 14.4 Å². The van der Waals surface area contributed by atoms with Gasteiger partial charge in [0.2, 0.25) is 0 Å². The highest BCUT2D eigenvalue weighted by Gasteiger charge is 2.17. The van der Waals surface area contributed by atoms with Crippen molar-refractivity contribution in [3.63, 3.8) is 0 Å². The van der Waals surface area contributed by atoms with E-state index in [0.29, 0.717) is 12.0 Å². The van der Waals surface area contributed by atoms with E-state index in [2.05, 4.69) is 12.2 Å². The molecule has 4 aromatic rings. The van der Waals surface area contributed by atoms with Gasteiger partial charge in [0.15, 0.2) is 0 Å². The number of nitrogens with one attached hydrogen (secondary N) is 1. The minimum absolute atomic E-state index is 0.0619. The topological polar surface area (TPSA) is 115 Å². The van der Waals surface area contributed by atoms with Crippen molar-refractivity contribution in [3.8, 4) is 11.1 Å². The average Bonchev–Trinajstić information content (AvgIpc) is 3.00. The van der Waals surface area contributed by atoms with Crippen LogP contribution >= 0.6 is 0 Å². The van der Waals surface area contributed by atoms with Crippen molar-refractivity contribution in [2.75, 3.05) is 6.54 Å². The third kappa shape index (κ3) is 7.57. The molecule has 0 fully saturated rings. The van der Waals surface area contributed by atoms with Gasteiger partial charge in [-0.2, -0.15) is 0 Å². The lowest BCUT2D eigenvalue weighted by Crippen LogP contribution is -2.37. The minimum Gasteiger partial charge on any atom is -0.478 e. The Balaban J connectivity index is 1.50. The molecule has 8 nitrogen and oxygen atoms in total. The third-order valence-electron chi connectivity index (χ3n) is 6.69. The Labute approximate surface area is 238 Å². The first-order valence-electron chi connectivity index (χ1n) is 13.5. The van der Waals surface area contributed by atoms with E-state index < -0.39 is 23.4 Å². The fourth-order valence-electron chi connectivity index (χ4n) is 4.47. The zero-order valence-electron chi connectivity index (χ0n) is 22.8. The van der Waals surface area contributed by atoms with Gasteiger partial charge in [-0.05, 0) is 53.3 Å². The Bertz CT molecular complexity index is 1580. The molecule has 210 valence electrons. The van der Waals surface area contributed by atoms with Crippen LogP contribution in [0.25, 0.3) is 11.1 Å². The van der Waals surface area contributed by atoms with Crippen LogP contribution < -0.4 is 10.9 Å². The molecule has 2 N–H and O–H groups in total. The summed E-state index contributed by atoms with van der Waals surface area (Å²) in [4.78, 5) is 50.1. The van der Waals surface area contributed by atoms with Crippen LogP contribution in [0, 0.1) is 0 Å². The summed E-state index contributed by atoms with van der Waals surface area (Å²) >= 11 is 0. The molecule has 41 heavy (non-hydrogen) atoms. The Morgan fingerprint density at radius 3 is 2.24 bits per heavy atom. The fraction of sp³-hybridized carbons (Fsp3) is 0.212. The van der Waals surface area contributed by atoms with E-state index in [1.807, 2.05) is 54.6 Å². The Morgan fingerprint density at radius 2 is 1.54 bits per heavy atom. The molecule has 0 bridgehead atoms. The van der Waals surface area contributed by atoms with Crippen LogP contribution in [0.3, 0.4) is 0 Å². The lowest BCUT2D eigenvalue weighted by atomic mass is 9.98. The molecular formula is C33H32N2O6. The van der Waals surface area contributed by atoms with Gasteiger partial charge in [-0.25, -0.2) is 4.79 Å². The number of amides is 1. The van der Waals surface area contributed by atoms with Crippen LogP contribution in [0.2, 0.25) is 0 Å². The number of hydrogen-bond donors (Lipinski definition) is 2. The second kappa shape index (κ2) is 13.9. The lowest BCUT2D eigenvalue weighted by Gasteiger charge is -2.15. The summed E-state index contributed by atoms with van der Waals surface area (Å²) in [6.45, 7) is 2.03. The third-order valence-corrected chi connectivity index (χ3v) is 6.69. The molecule has 0 saturated carbocycles. The van der Waals surface area contributed by atoms with Crippen molar-refractivity contribution in [1.29, 1.82) is 0 Å². The predicted molar refractivity (Wildman–Crippen MR) is 156 cm³/mol. The van der Waals surface area contributed by atoms with Crippen molar-refractivity contribution < 1.29 is 24.2 Å². The summed E-state index contributed by atoms with van der Waals surface area (Å²) in [5.41, 5.74) is 3.50. The van der Waals surface area contributed by atoms with Crippen LogP contribution in [0.15, 0.2) is 95.8 Å². The standard InChI is InChI=1S/C33H32N2O6/c1-2-3-11-26-18-19-29(31(37)34-20-30(36)41-22-24-9-5-4-6-10-24)32(38)35(26)21-23-14-16-25(17-15-23)27-12-7-8-13-28(27)33(39)40/h4-10,12-19H,2-3,11,20-22H2,1H3,(H,34,37)(H,39,40). The van der Waals surface area contributed by atoms with E-state index in [-0.39, 0.29) is 30.8 Å². The number of hydrogen-bond acceptors (Lipinski definition) is 5. The largest absolute Gasteiger partial charge is 0.478 e. The van der Waals surface area contributed by atoms with Crippen LogP contribution in [0.1, 0.15) is 57.3 Å². The predicted octanol–water partition coefficient (Wildman–Crippen LogP) is 5.08. The second-order valence-electron chi connectivity index (χ2n) is 9.61. The summed E-state index contributed by atoms with van der Waals surface area (Å²) < 4.78 is 6.79. The molecule has 1 aromatic heterocycles. The van der Waals surface area contributed by atoms with Crippen molar-refractivity contribution in [2.45, 2.75) is 39.3 Å². The number of benzene rings is 3. The highest BCUT2D eigenvalue weighted by molar-refractivity contribution is 5.96. The number of aryl methyl sites for hydroxylation is 1. The number of ether oxygens (including phenoxy) is 1. The van der Waals surface area contributed by atoms with Gasteiger partial charge in [0.25, 0.3) is 11.5 Å². The first kappa shape index (κ1) is 29.0. The van der Waals surface area contributed by atoms with E-state index >= 15 is 0 Å².